The summed E-state index contributed by atoms with van der Waals surface area (Å²) in [5, 5.41) is 12.1. The maximum Gasteiger partial charge on any atom is 0.433 e. The molecule has 3 nitrogen and oxygen atoms in total. The minimum absolute atomic E-state index is 0.0184. The summed E-state index contributed by atoms with van der Waals surface area (Å²) >= 11 is 1.79. The molecule has 19 heavy (non-hydrogen) atoms. The molecule has 1 fully saturated rings. The van der Waals surface area contributed by atoms with Crippen LogP contribution in [0.2, 0.25) is 0 Å². The Labute approximate surface area is 113 Å². The van der Waals surface area contributed by atoms with Gasteiger partial charge in [-0.15, -0.1) is 0 Å². The molecular weight excluding hydrogens is 275 g/mol. The first kappa shape index (κ1) is 14.0. The second-order valence-electron chi connectivity index (χ2n) is 4.22. The van der Waals surface area contributed by atoms with Gasteiger partial charge in [0.2, 0.25) is 0 Å². The van der Waals surface area contributed by atoms with Crippen LogP contribution in [-0.2, 0) is 6.18 Å². The van der Waals surface area contributed by atoms with Crippen LogP contribution in [0.15, 0.2) is 12.1 Å². The number of nitriles is 1. The first-order chi connectivity index (χ1) is 9.00. The first-order valence-electron chi connectivity index (χ1n) is 5.84. The van der Waals surface area contributed by atoms with Gasteiger partial charge in [-0.05, 0) is 30.7 Å². The van der Waals surface area contributed by atoms with Crippen molar-refractivity contribution in [2.24, 2.45) is 0 Å². The highest BCUT2D eigenvalue weighted by atomic mass is 32.2. The number of nitrogens with one attached hydrogen (secondary N) is 1. The van der Waals surface area contributed by atoms with Gasteiger partial charge in [0, 0.05) is 11.8 Å². The topological polar surface area (TPSA) is 48.7 Å². The molecule has 0 aliphatic carbocycles. The predicted octanol–water partition coefficient (Wildman–Crippen LogP) is 3.28. The van der Waals surface area contributed by atoms with E-state index in [1.807, 2.05) is 6.07 Å². The van der Waals surface area contributed by atoms with Crippen LogP contribution in [0.1, 0.15) is 24.1 Å². The molecule has 2 heterocycles. The van der Waals surface area contributed by atoms with Gasteiger partial charge < -0.3 is 5.32 Å². The molecule has 1 unspecified atom stereocenters. The van der Waals surface area contributed by atoms with E-state index in [2.05, 4.69) is 10.3 Å². The van der Waals surface area contributed by atoms with Gasteiger partial charge in [-0.25, -0.2) is 4.98 Å². The number of rotatable bonds is 3. The maximum absolute atomic E-state index is 12.6. The zero-order chi connectivity index (χ0) is 13.9. The number of anilines is 1. The van der Waals surface area contributed by atoms with Crippen molar-refractivity contribution >= 4 is 17.6 Å². The maximum atomic E-state index is 12.6. The SMILES string of the molecule is N#Cc1ccc(C(F)(F)F)nc1NCC1CCCS1. The van der Waals surface area contributed by atoms with E-state index in [9.17, 15) is 13.2 Å². The third-order valence-electron chi connectivity index (χ3n) is 2.83. The van der Waals surface area contributed by atoms with Crippen molar-refractivity contribution in [2.45, 2.75) is 24.3 Å². The minimum atomic E-state index is -4.49. The second-order valence-corrected chi connectivity index (χ2v) is 5.63. The second kappa shape index (κ2) is 5.70. The van der Waals surface area contributed by atoms with Crippen molar-refractivity contribution in [1.82, 2.24) is 4.98 Å². The number of alkyl halides is 3. The van der Waals surface area contributed by atoms with Gasteiger partial charge in [0.15, 0.2) is 0 Å². The molecule has 102 valence electrons. The minimum Gasteiger partial charge on any atom is -0.368 e. The van der Waals surface area contributed by atoms with Gasteiger partial charge in [-0.3, -0.25) is 0 Å². The van der Waals surface area contributed by atoms with Gasteiger partial charge in [-0.1, -0.05) is 0 Å². The number of thioether (sulfide) groups is 1. The summed E-state index contributed by atoms with van der Waals surface area (Å²) in [6.07, 6.45) is -2.33. The molecule has 1 saturated heterocycles. The quantitative estimate of drug-likeness (QED) is 0.927. The average Bonchev–Trinajstić information content (AvgIpc) is 2.88. The van der Waals surface area contributed by atoms with Crippen molar-refractivity contribution in [3.63, 3.8) is 0 Å². The predicted molar refractivity (Wildman–Crippen MR) is 67.9 cm³/mol. The van der Waals surface area contributed by atoms with Gasteiger partial charge in [0.05, 0.1) is 5.56 Å². The van der Waals surface area contributed by atoms with Crippen molar-refractivity contribution in [3.8, 4) is 6.07 Å². The summed E-state index contributed by atoms with van der Waals surface area (Å²) < 4.78 is 37.7. The standard InChI is InChI=1S/C12H12F3N3S/c13-12(14,15)10-4-3-8(6-16)11(18-10)17-7-9-2-1-5-19-9/h3-4,9H,1-2,5,7H2,(H,17,18). The molecule has 1 aromatic rings. The Balaban J connectivity index is 2.14. The molecule has 0 bridgehead atoms. The van der Waals surface area contributed by atoms with E-state index >= 15 is 0 Å². The molecule has 0 saturated carbocycles. The van der Waals surface area contributed by atoms with E-state index < -0.39 is 11.9 Å². The Morgan fingerprint density at radius 1 is 1.47 bits per heavy atom. The first-order valence-corrected chi connectivity index (χ1v) is 6.89. The van der Waals surface area contributed by atoms with E-state index in [-0.39, 0.29) is 11.4 Å². The van der Waals surface area contributed by atoms with Gasteiger partial charge >= 0.3 is 6.18 Å². The van der Waals surface area contributed by atoms with Gasteiger partial charge in [0.1, 0.15) is 17.6 Å². The van der Waals surface area contributed by atoms with Gasteiger partial charge in [-0.2, -0.15) is 30.2 Å². The molecule has 1 aromatic heterocycles. The zero-order valence-corrected chi connectivity index (χ0v) is 10.8. The van der Waals surface area contributed by atoms with Crippen LogP contribution in [0.4, 0.5) is 19.0 Å². The lowest BCUT2D eigenvalue weighted by Crippen LogP contribution is -2.17. The highest BCUT2D eigenvalue weighted by molar-refractivity contribution is 8.00. The van der Waals surface area contributed by atoms with Crippen LogP contribution in [0, 0.1) is 11.3 Å². The fraction of sp³-hybridized carbons (Fsp3) is 0.500. The average molecular weight is 287 g/mol. The summed E-state index contributed by atoms with van der Waals surface area (Å²) in [5.74, 6) is 1.10. The third-order valence-corrected chi connectivity index (χ3v) is 4.23. The molecular formula is C12H12F3N3S. The van der Waals surface area contributed by atoms with Crippen LogP contribution in [0.3, 0.4) is 0 Å². The fourth-order valence-corrected chi connectivity index (χ4v) is 3.06. The zero-order valence-electron chi connectivity index (χ0n) is 10.00. The van der Waals surface area contributed by atoms with Crippen LogP contribution in [-0.4, -0.2) is 22.5 Å². The Kier molecular flexibility index (Phi) is 4.20. The molecule has 7 heteroatoms. The fourth-order valence-electron chi connectivity index (χ4n) is 1.86. The lowest BCUT2D eigenvalue weighted by atomic mass is 10.2. The molecule has 0 aromatic carbocycles. The largest absolute Gasteiger partial charge is 0.433 e. The van der Waals surface area contributed by atoms with E-state index in [0.717, 1.165) is 30.7 Å². The van der Waals surface area contributed by atoms with Crippen LogP contribution >= 0.6 is 11.8 Å². The smallest absolute Gasteiger partial charge is 0.368 e. The normalized spacial score (nSPS) is 19.2. The van der Waals surface area contributed by atoms with Crippen LogP contribution < -0.4 is 5.32 Å². The summed E-state index contributed by atoms with van der Waals surface area (Å²) in [4.78, 5) is 3.51. The molecule has 1 atom stereocenters. The molecule has 1 N–H and O–H groups in total. The number of pyridine rings is 1. The molecule has 0 amide bonds. The monoisotopic (exact) mass is 287 g/mol. The number of hydrogen-bond acceptors (Lipinski definition) is 4. The highest BCUT2D eigenvalue weighted by Crippen LogP contribution is 2.30. The third kappa shape index (κ3) is 3.53. The number of aromatic nitrogens is 1. The molecule has 0 spiro atoms. The van der Waals surface area contributed by atoms with E-state index in [1.165, 1.54) is 0 Å². The Morgan fingerprint density at radius 2 is 2.26 bits per heavy atom. The van der Waals surface area contributed by atoms with Crippen molar-refractivity contribution < 1.29 is 13.2 Å². The molecule has 1 aliphatic rings. The number of nitrogens with zero attached hydrogens (tertiary/aromatic N) is 2. The van der Waals surface area contributed by atoms with Crippen molar-refractivity contribution in [3.05, 3.63) is 23.4 Å². The van der Waals surface area contributed by atoms with Crippen molar-refractivity contribution in [1.29, 1.82) is 5.26 Å². The lowest BCUT2D eigenvalue weighted by Gasteiger charge is -2.13. The summed E-state index contributed by atoms with van der Waals surface area (Å²) in [5.41, 5.74) is -0.843. The molecule has 0 radical (unpaired) electrons. The van der Waals surface area contributed by atoms with Crippen molar-refractivity contribution in [2.75, 3.05) is 17.6 Å². The lowest BCUT2D eigenvalue weighted by molar-refractivity contribution is -0.141. The molecule has 1 aliphatic heterocycles. The van der Waals surface area contributed by atoms with Gasteiger partial charge in [0.25, 0.3) is 0 Å². The number of halogens is 3. The van der Waals surface area contributed by atoms with E-state index in [1.54, 1.807) is 11.8 Å². The van der Waals surface area contributed by atoms with Crippen LogP contribution in [0.25, 0.3) is 0 Å². The highest BCUT2D eigenvalue weighted by Gasteiger charge is 2.33. The van der Waals surface area contributed by atoms with Crippen LogP contribution in [0.5, 0.6) is 0 Å². The van der Waals surface area contributed by atoms with E-state index in [4.69, 9.17) is 5.26 Å². The van der Waals surface area contributed by atoms with E-state index in [0.29, 0.717) is 11.8 Å². The summed E-state index contributed by atoms with van der Waals surface area (Å²) in [7, 11) is 0. The Bertz CT molecular complexity index is 490. The Morgan fingerprint density at radius 3 is 2.84 bits per heavy atom. The number of hydrogen-bond donors (Lipinski definition) is 1. The molecule has 2 rings (SSSR count). The summed E-state index contributed by atoms with van der Waals surface area (Å²) in [6, 6.07) is 3.83. The Hall–Kier alpha value is -1.42. The summed E-state index contributed by atoms with van der Waals surface area (Å²) in [6.45, 7) is 0.535.